The fourth-order valence-electron chi connectivity index (χ4n) is 2.46. The highest BCUT2D eigenvalue weighted by Crippen LogP contribution is 2.19. The Hall–Kier alpha value is -1.64. The lowest BCUT2D eigenvalue weighted by Crippen LogP contribution is -2.46. The third-order valence-corrected chi connectivity index (χ3v) is 6.55. The van der Waals surface area contributed by atoms with Gasteiger partial charge in [-0.05, 0) is 30.4 Å². The van der Waals surface area contributed by atoms with Gasteiger partial charge in [0, 0.05) is 19.1 Å². The van der Waals surface area contributed by atoms with Crippen LogP contribution in [0.15, 0.2) is 44.7 Å². The maximum atomic E-state index is 12.2. The lowest BCUT2D eigenvalue weighted by atomic mass is 10.1. The number of hydrogen-bond donors (Lipinski definition) is 1. The third kappa shape index (κ3) is 3.23. The molecule has 3 rings (SSSR count). The fraction of sp³-hybridized carbons (Fsp3) is 0.357. The molecule has 0 atom stereocenters. The van der Waals surface area contributed by atoms with Crippen LogP contribution in [-0.4, -0.2) is 38.4 Å². The van der Waals surface area contributed by atoms with Crippen LogP contribution in [-0.2, 0) is 10.0 Å². The van der Waals surface area contributed by atoms with Crippen molar-refractivity contribution < 1.29 is 17.6 Å². The Morgan fingerprint density at radius 1 is 1.32 bits per heavy atom. The van der Waals surface area contributed by atoms with E-state index in [1.54, 1.807) is 28.5 Å². The van der Waals surface area contributed by atoms with Gasteiger partial charge in [-0.1, -0.05) is 6.07 Å². The molecular weight excluding hydrogens is 324 g/mol. The lowest BCUT2D eigenvalue weighted by Gasteiger charge is -2.31. The number of nitrogens with one attached hydrogen (secondary N) is 1. The normalized spacial score (nSPS) is 16.8. The summed E-state index contributed by atoms with van der Waals surface area (Å²) < 4.78 is 32.3. The molecule has 6 nitrogen and oxygen atoms in total. The van der Waals surface area contributed by atoms with Crippen LogP contribution in [0.1, 0.15) is 23.2 Å². The summed E-state index contributed by atoms with van der Waals surface area (Å²) in [4.78, 5) is 13.9. The van der Waals surface area contributed by atoms with E-state index < -0.39 is 10.0 Å². The zero-order valence-electron chi connectivity index (χ0n) is 11.8. The number of rotatable bonds is 4. The van der Waals surface area contributed by atoms with Crippen molar-refractivity contribution in [1.29, 1.82) is 0 Å². The first-order valence-electron chi connectivity index (χ1n) is 6.93. The van der Waals surface area contributed by atoms with Crippen molar-refractivity contribution in [3.63, 3.8) is 0 Å². The van der Waals surface area contributed by atoms with E-state index in [9.17, 15) is 13.2 Å². The van der Waals surface area contributed by atoms with Crippen molar-refractivity contribution in [3.05, 3.63) is 41.7 Å². The molecule has 2 aromatic heterocycles. The molecule has 0 aromatic carbocycles. The molecule has 1 saturated heterocycles. The van der Waals surface area contributed by atoms with E-state index in [1.165, 1.54) is 23.9 Å². The second-order valence-corrected chi connectivity index (χ2v) is 8.02. The third-order valence-electron chi connectivity index (χ3n) is 3.63. The van der Waals surface area contributed by atoms with Gasteiger partial charge < -0.3 is 9.32 Å². The van der Waals surface area contributed by atoms with Crippen molar-refractivity contribution in [1.82, 2.24) is 9.62 Å². The first-order valence-corrected chi connectivity index (χ1v) is 9.30. The van der Waals surface area contributed by atoms with Gasteiger partial charge in [0.05, 0.1) is 11.8 Å². The van der Waals surface area contributed by atoms with Crippen LogP contribution in [0.25, 0.3) is 0 Å². The Labute approximate surface area is 132 Å². The molecule has 118 valence electrons. The minimum absolute atomic E-state index is 0.0756. The highest BCUT2D eigenvalue weighted by molar-refractivity contribution is 7.91. The molecule has 1 amide bonds. The van der Waals surface area contributed by atoms with Crippen LogP contribution in [0.4, 0.5) is 0 Å². The van der Waals surface area contributed by atoms with Gasteiger partial charge in [-0.25, -0.2) is 13.1 Å². The first-order chi connectivity index (χ1) is 10.6. The van der Waals surface area contributed by atoms with E-state index in [4.69, 9.17) is 4.42 Å². The minimum Gasteiger partial charge on any atom is -0.472 e. The first kappa shape index (κ1) is 15.3. The zero-order chi connectivity index (χ0) is 15.6. The number of likely N-dealkylation sites (tertiary alicyclic amines) is 1. The SMILES string of the molecule is O=C(c1ccoc1)N1CCC(NS(=O)(=O)c2cccs2)CC1. The topological polar surface area (TPSA) is 79.6 Å². The number of carbonyl (C=O) groups is 1. The number of nitrogens with zero attached hydrogens (tertiary/aromatic N) is 1. The number of piperidine rings is 1. The molecule has 8 heteroatoms. The van der Waals surface area contributed by atoms with E-state index >= 15 is 0 Å². The maximum absolute atomic E-state index is 12.2. The monoisotopic (exact) mass is 340 g/mol. The fourth-order valence-corrected chi connectivity index (χ4v) is 4.78. The number of hydrogen-bond acceptors (Lipinski definition) is 5. The average molecular weight is 340 g/mol. The number of thiophene rings is 1. The second-order valence-electron chi connectivity index (χ2n) is 5.13. The molecule has 2 aromatic rings. The predicted octanol–water partition coefficient (Wildman–Crippen LogP) is 1.92. The van der Waals surface area contributed by atoms with Gasteiger partial charge in [-0.3, -0.25) is 4.79 Å². The Morgan fingerprint density at radius 2 is 2.09 bits per heavy atom. The molecule has 0 saturated carbocycles. The second kappa shape index (κ2) is 6.23. The van der Waals surface area contributed by atoms with Gasteiger partial charge in [0.15, 0.2) is 0 Å². The summed E-state index contributed by atoms with van der Waals surface area (Å²) in [6.45, 7) is 1.06. The number of furan rings is 1. The average Bonchev–Trinajstić information content (AvgIpc) is 3.20. The van der Waals surface area contributed by atoms with Gasteiger partial charge in [-0.2, -0.15) is 0 Å². The highest BCUT2D eigenvalue weighted by Gasteiger charge is 2.27. The van der Waals surface area contributed by atoms with Gasteiger partial charge in [0.1, 0.15) is 10.5 Å². The Balaban J connectivity index is 1.57. The van der Waals surface area contributed by atoms with E-state index in [1.807, 2.05) is 0 Å². The van der Waals surface area contributed by atoms with Crippen LogP contribution in [0.5, 0.6) is 0 Å². The molecule has 0 aliphatic carbocycles. The number of carbonyl (C=O) groups excluding carboxylic acids is 1. The van der Waals surface area contributed by atoms with Crippen molar-refractivity contribution in [2.24, 2.45) is 0 Å². The van der Waals surface area contributed by atoms with Gasteiger partial charge in [0.25, 0.3) is 5.91 Å². The van der Waals surface area contributed by atoms with Crippen molar-refractivity contribution in [3.8, 4) is 0 Å². The molecule has 0 radical (unpaired) electrons. The molecule has 3 heterocycles. The number of sulfonamides is 1. The minimum atomic E-state index is -3.45. The molecule has 1 N–H and O–H groups in total. The number of amides is 1. The summed E-state index contributed by atoms with van der Waals surface area (Å²) in [5, 5.41) is 1.74. The van der Waals surface area contributed by atoms with Crippen LogP contribution in [0.2, 0.25) is 0 Å². The van der Waals surface area contributed by atoms with Gasteiger partial charge >= 0.3 is 0 Å². The largest absolute Gasteiger partial charge is 0.472 e. The maximum Gasteiger partial charge on any atom is 0.257 e. The van der Waals surface area contributed by atoms with Gasteiger partial charge in [0.2, 0.25) is 10.0 Å². The summed E-state index contributed by atoms with van der Waals surface area (Å²) in [5.74, 6) is -0.0756. The van der Waals surface area contributed by atoms with E-state index in [0.717, 1.165) is 0 Å². The van der Waals surface area contributed by atoms with Crippen molar-refractivity contribution in [2.75, 3.05) is 13.1 Å². The van der Waals surface area contributed by atoms with E-state index in [2.05, 4.69) is 4.72 Å². The highest BCUT2D eigenvalue weighted by atomic mass is 32.2. The standard InChI is InChI=1S/C14H16N2O4S2/c17-14(11-5-8-20-10-11)16-6-3-12(4-7-16)15-22(18,19)13-2-1-9-21-13/h1-2,5,8-10,12,15H,3-4,6-7H2. The smallest absolute Gasteiger partial charge is 0.257 e. The zero-order valence-corrected chi connectivity index (χ0v) is 13.4. The molecule has 22 heavy (non-hydrogen) atoms. The van der Waals surface area contributed by atoms with Crippen LogP contribution >= 0.6 is 11.3 Å². The Kier molecular flexibility index (Phi) is 4.32. The summed E-state index contributed by atoms with van der Waals surface area (Å²) >= 11 is 1.20. The summed E-state index contributed by atoms with van der Waals surface area (Å²) in [6.07, 6.45) is 4.10. The van der Waals surface area contributed by atoms with E-state index in [-0.39, 0.29) is 11.9 Å². The molecule has 0 spiro atoms. The molecule has 1 aliphatic heterocycles. The van der Waals surface area contributed by atoms with Crippen LogP contribution in [0.3, 0.4) is 0 Å². The predicted molar refractivity (Wildman–Crippen MR) is 82.3 cm³/mol. The van der Waals surface area contributed by atoms with Crippen molar-refractivity contribution in [2.45, 2.75) is 23.1 Å². The molecule has 0 bridgehead atoms. The lowest BCUT2D eigenvalue weighted by molar-refractivity contribution is 0.0710. The summed E-state index contributed by atoms with van der Waals surface area (Å²) in [6, 6.07) is 4.80. The Morgan fingerprint density at radius 3 is 2.68 bits per heavy atom. The molecular formula is C14H16N2O4S2. The summed E-state index contributed by atoms with van der Waals surface area (Å²) in [5.41, 5.74) is 0.526. The van der Waals surface area contributed by atoms with Crippen LogP contribution < -0.4 is 4.72 Å². The Bertz CT molecular complexity index is 715. The van der Waals surface area contributed by atoms with Crippen molar-refractivity contribution >= 4 is 27.3 Å². The molecule has 1 aliphatic rings. The van der Waals surface area contributed by atoms with E-state index in [0.29, 0.717) is 35.7 Å². The quantitative estimate of drug-likeness (QED) is 0.922. The summed E-state index contributed by atoms with van der Waals surface area (Å²) in [7, 11) is -3.45. The van der Waals surface area contributed by atoms with Gasteiger partial charge in [-0.15, -0.1) is 11.3 Å². The molecule has 1 fully saturated rings. The van der Waals surface area contributed by atoms with Crippen LogP contribution in [0, 0.1) is 0 Å². The molecule has 0 unspecified atom stereocenters.